The third-order valence-corrected chi connectivity index (χ3v) is 4.21. The zero-order chi connectivity index (χ0) is 17.5. The molecule has 0 radical (unpaired) electrons. The van der Waals surface area contributed by atoms with Gasteiger partial charge in [-0.05, 0) is 38.0 Å². The Morgan fingerprint density at radius 3 is 3.04 bits per heavy atom. The summed E-state index contributed by atoms with van der Waals surface area (Å²) in [5, 5.41) is 0. The highest BCUT2D eigenvalue weighted by Crippen LogP contribution is 2.19. The van der Waals surface area contributed by atoms with Crippen LogP contribution in [0.4, 0.5) is 0 Å². The molecule has 2 heterocycles. The van der Waals surface area contributed by atoms with Gasteiger partial charge in [-0.3, -0.25) is 14.9 Å². The molecule has 1 aliphatic rings. The molecule has 1 atom stereocenters. The standard InChI is InChI=1S/C20H27N3O2/c1-16(2)25-20-5-3-4-17(11-20)13-23-8-9-24-15-18(14-23)10-19-12-21-6-7-22-19/h3-7,11-12,16,18H,8-10,13-15H2,1-2H3/t18-/m1/s1. The van der Waals surface area contributed by atoms with Crippen LogP contribution in [0.3, 0.4) is 0 Å². The number of aromatic nitrogens is 2. The van der Waals surface area contributed by atoms with E-state index in [4.69, 9.17) is 9.47 Å². The molecule has 3 rings (SSSR count). The van der Waals surface area contributed by atoms with Crippen LogP contribution in [0.15, 0.2) is 42.9 Å². The van der Waals surface area contributed by atoms with E-state index in [0.29, 0.717) is 5.92 Å². The van der Waals surface area contributed by atoms with E-state index >= 15 is 0 Å². The van der Waals surface area contributed by atoms with Crippen LogP contribution in [0.1, 0.15) is 25.1 Å². The highest BCUT2D eigenvalue weighted by atomic mass is 16.5. The minimum atomic E-state index is 0.193. The Kier molecular flexibility index (Phi) is 6.36. The molecule has 0 bridgehead atoms. The van der Waals surface area contributed by atoms with Gasteiger partial charge in [0.1, 0.15) is 5.75 Å². The van der Waals surface area contributed by atoms with Crippen LogP contribution in [0.2, 0.25) is 0 Å². The van der Waals surface area contributed by atoms with Crippen molar-refractivity contribution in [3.05, 3.63) is 54.1 Å². The molecule has 0 aliphatic carbocycles. The van der Waals surface area contributed by atoms with Crippen molar-refractivity contribution in [1.29, 1.82) is 0 Å². The fourth-order valence-electron chi connectivity index (χ4n) is 3.20. The molecule has 0 amide bonds. The molecule has 0 unspecified atom stereocenters. The number of ether oxygens (including phenoxy) is 2. The van der Waals surface area contributed by atoms with E-state index in [2.05, 4.69) is 46.9 Å². The zero-order valence-corrected chi connectivity index (χ0v) is 15.1. The average molecular weight is 341 g/mol. The number of benzene rings is 1. The van der Waals surface area contributed by atoms with Crippen molar-refractivity contribution >= 4 is 0 Å². The molecule has 25 heavy (non-hydrogen) atoms. The molecule has 0 spiro atoms. The monoisotopic (exact) mass is 341 g/mol. The van der Waals surface area contributed by atoms with E-state index in [9.17, 15) is 0 Å². The lowest BCUT2D eigenvalue weighted by Gasteiger charge is -2.23. The van der Waals surface area contributed by atoms with Crippen LogP contribution >= 0.6 is 0 Å². The van der Waals surface area contributed by atoms with E-state index in [1.165, 1.54) is 5.56 Å². The van der Waals surface area contributed by atoms with Gasteiger partial charge in [0.25, 0.3) is 0 Å². The first-order chi connectivity index (χ1) is 12.2. The second-order valence-electron chi connectivity index (χ2n) is 6.89. The molecule has 0 saturated carbocycles. The van der Waals surface area contributed by atoms with Crippen molar-refractivity contribution in [1.82, 2.24) is 14.9 Å². The average Bonchev–Trinajstić information content (AvgIpc) is 2.80. The Labute approximate surface area is 150 Å². The van der Waals surface area contributed by atoms with Crippen LogP contribution in [0.25, 0.3) is 0 Å². The van der Waals surface area contributed by atoms with Gasteiger partial charge >= 0.3 is 0 Å². The van der Waals surface area contributed by atoms with Crippen LogP contribution in [-0.4, -0.2) is 47.3 Å². The molecule has 5 heteroatoms. The predicted molar refractivity (Wildman–Crippen MR) is 97.5 cm³/mol. The fraction of sp³-hybridized carbons (Fsp3) is 0.500. The summed E-state index contributed by atoms with van der Waals surface area (Å²) in [6.07, 6.45) is 6.41. The molecule has 1 aromatic heterocycles. The van der Waals surface area contributed by atoms with Crippen molar-refractivity contribution in [2.45, 2.75) is 32.9 Å². The van der Waals surface area contributed by atoms with E-state index < -0.39 is 0 Å². The number of rotatable bonds is 6. The Hall–Kier alpha value is -1.98. The summed E-state index contributed by atoms with van der Waals surface area (Å²) in [5.74, 6) is 1.38. The Balaban J connectivity index is 1.61. The molecule has 1 aliphatic heterocycles. The summed E-state index contributed by atoms with van der Waals surface area (Å²) < 4.78 is 11.6. The summed E-state index contributed by atoms with van der Waals surface area (Å²) >= 11 is 0. The second kappa shape index (κ2) is 8.92. The normalized spacial score (nSPS) is 18.9. The van der Waals surface area contributed by atoms with E-state index in [1.807, 2.05) is 12.3 Å². The molecular weight excluding hydrogens is 314 g/mol. The third kappa shape index (κ3) is 5.80. The summed E-state index contributed by atoms with van der Waals surface area (Å²) in [5.41, 5.74) is 2.31. The molecule has 0 N–H and O–H groups in total. The Morgan fingerprint density at radius 2 is 2.24 bits per heavy atom. The largest absolute Gasteiger partial charge is 0.491 e. The topological polar surface area (TPSA) is 47.5 Å². The van der Waals surface area contributed by atoms with Crippen LogP contribution in [0, 0.1) is 5.92 Å². The lowest BCUT2D eigenvalue weighted by molar-refractivity contribution is 0.121. The molecule has 134 valence electrons. The van der Waals surface area contributed by atoms with Crippen molar-refractivity contribution in [3.63, 3.8) is 0 Å². The first kappa shape index (κ1) is 17.8. The second-order valence-corrected chi connectivity index (χ2v) is 6.89. The molecule has 2 aromatic rings. The minimum absolute atomic E-state index is 0.193. The van der Waals surface area contributed by atoms with Crippen LogP contribution in [0.5, 0.6) is 5.75 Å². The third-order valence-electron chi connectivity index (χ3n) is 4.21. The molecule has 1 aromatic carbocycles. The Morgan fingerprint density at radius 1 is 1.32 bits per heavy atom. The number of hydrogen-bond donors (Lipinski definition) is 0. The SMILES string of the molecule is CC(C)Oc1cccc(CN2CCOC[C@H](Cc3cnccn3)C2)c1. The number of nitrogens with zero attached hydrogens (tertiary/aromatic N) is 3. The first-order valence-corrected chi connectivity index (χ1v) is 8.99. The summed E-state index contributed by atoms with van der Waals surface area (Å²) in [6.45, 7) is 8.53. The highest BCUT2D eigenvalue weighted by Gasteiger charge is 2.20. The lowest BCUT2D eigenvalue weighted by Crippen LogP contribution is -2.30. The van der Waals surface area contributed by atoms with Gasteiger partial charge in [-0.25, -0.2) is 0 Å². The van der Waals surface area contributed by atoms with Crippen LogP contribution < -0.4 is 4.74 Å². The maximum Gasteiger partial charge on any atom is 0.120 e. The first-order valence-electron chi connectivity index (χ1n) is 8.99. The molecule has 1 fully saturated rings. The van der Waals surface area contributed by atoms with Gasteiger partial charge in [-0.1, -0.05) is 12.1 Å². The van der Waals surface area contributed by atoms with Gasteiger partial charge in [-0.2, -0.15) is 0 Å². The number of hydrogen-bond acceptors (Lipinski definition) is 5. The van der Waals surface area contributed by atoms with E-state index in [0.717, 1.165) is 50.7 Å². The lowest BCUT2D eigenvalue weighted by atomic mass is 10.0. The predicted octanol–water partition coefficient (Wildman–Crippen LogP) is 2.95. The zero-order valence-electron chi connectivity index (χ0n) is 15.1. The Bertz CT molecular complexity index is 648. The highest BCUT2D eigenvalue weighted by molar-refractivity contribution is 5.28. The maximum atomic E-state index is 5.81. The molecular formula is C20H27N3O2. The van der Waals surface area contributed by atoms with E-state index in [-0.39, 0.29) is 6.10 Å². The van der Waals surface area contributed by atoms with Gasteiger partial charge in [0, 0.05) is 44.1 Å². The maximum absolute atomic E-state index is 5.81. The smallest absolute Gasteiger partial charge is 0.120 e. The van der Waals surface area contributed by atoms with Crippen molar-refractivity contribution < 1.29 is 9.47 Å². The fourth-order valence-corrected chi connectivity index (χ4v) is 3.20. The van der Waals surface area contributed by atoms with Gasteiger partial charge < -0.3 is 9.47 Å². The quantitative estimate of drug-likeness (QED) is 0.808. The van der Waals surface area contributed by atoms with Gasteiger partial charge in [0.2, 0.25) is 0 Å². The molecule has 1 saturated heterocycles. The van der Waals surface area contributed by atoms with E-state index in [1.54, 1.807) is 12.4 Å². The van der Waals surface area contributed by atoms with Gasteiger partial charge in [0.15, 0.2) is 0 Å². The van der Waals surface area contributed by atoms with Crippen molar-refractivity contribution in [2.75, 3.05) is 26.3 Å². The minimum Gasteiger partial charge on any atom is -0.491 e. The van der Waals surface area contributed by atoms with Crippen molar-refractivity contribution in [3.8, 4) is 5.75 Å². The molecule has 5 nitrogen and oxygen atoms in total. The van der Waals surface area contributed by atoms with Gasteiger partial charge in [-0.15, -0.1) is 0 Å². The summed E-state index contributed by atoms with van der Waals surface area (Å²) in [4.78, 5) is 11.0. The summed E-state index contributed by atoms with van der Waals surface area (Å²) in [7, 11) is 0. The van der Waals surface area contributed by atoms with Gasteiger partial charge in [0.05, 0.1) is 25.0 Å². The summed E-state index contributed by atoms with van der Waals surface area (Å²) in [6, 6.07) is 8.39. The van der Waals surface area contributed by atoms with Crippen LogP contribution in [-0.2, 0) is 17.7 Å². The van der Waals surface area contributed by atoms with Crippen molar-refractivity contribution in [2.24, 2.45) is 5.92 Å².